The van der Waals surface area contributed by atoms with E-state index in [9.17, 15) is 9.59 Å². The van der Waals surface area contributed by atoms with Crippen LogP contribution in [-0.4, -0.2) is 16.7 Å². The SMILES string of the molecule is Cc1ccc(C(=O)c2ccccc2C(=O)Nc2ncc(C)s2)cc1. The molecule has 0 saturated carbocycles. The quantitative estimate of drug-likeness (QED) is 0.725. The summed E-state index contributed by atoms with van der Waals surface area (Å²) in [6.45, 7) is 3.88. The highest BCUT2D eigenvalue weighted by Crippen LogP contribution is 2.20. The third kappa shape index (κ3) is 3.41. The zero-order valence-corrected chi connectivity index (χ0v) is 14.2. The maximum atomic E-state index is 12.7. The molecule has 5 heteroatoms. The van der Waals surface area contributed by atoms with Gasteiger partial charge in [-0.05, 0) is 19.9 Å². The molecule has 0 saturated heterocycles. The first kappa shape index (κ1) is 16.1. The van der Waals surface area contributed by atoms with E-state index >= 15 is 0 Å². The fourth-order valence-electron chi connectivity index (χ4n) is 2.32. The number of thiazole rings is 1. The smallest absolute Gasteiger partial charge is 0.258 e. The summed E-state index contributed by atoms with van der Waals surface area (Å²) in [5.74, 6) is -0.503. The van der Waals surface area contributed by atoms with Crippen LogP contribution in [0.4, 0.5) is 5.13 Å². The van der Waals surface area contributed by atoms with Crippen molar-refractivity contribution in [2.24, 2.45) is 0 Å². The molecule has 0 spiro atoms. The van der Waals surface area contributed by atoms with Gasteiger partial charge < -0.3 is 0 Å². The van der Waals surface area contributed by atoms with Gasteiger partial charge in [0.05, 0.1) is 5.56 Å². The molecule has 1 N–H and O–H groups in total. The molecular formula is C19H16N2O2S. The van der Waals surface area contributed by atoms with E-state index in [0.717, 1.165) is 10.4 Å². The standard InChI is InChI=1S/C19H16N2O2S/c1-12-7-9-14(10-8-12)17(22)15-5-3-4-6-16(15)18(23)21-19-20-11-13(2)24-19/h3-11H,1-2H3,(H,20,21,23). The first-order valence-corrected chi connectivity index (χ1v) is 8.30. The summed E-state index contributed by atoms with van der Waals surface area (Å²) in [4.78, 5) is 30.4. The van der Waals surface area contributed by atoms with Crippen molar-refractivity contribution in [3.8, 4) is 0 Å². The van der Waals surface area contributed by atoms with Gasteiger partial charge in [0.25, 0.3) is 5.91 Å². The summed E-state index contributed by atoms with van der Waals surface area (Å²) in [6.07, 6.45) is 1.70. The summed E-state index contributed by atoms with van der Waals surface area (Å²) < 4.78 is 0. The second-order valence-corrected chi connectivity index (χ2v) is 6.71. The number of hydrogen-bond acceptors (Lipinski definition) is 4. The minimum Gasteiger partial charge on any atom is -0.298 e. The molecule has 0 atom stereocenters. The Kier molecular flexibility index (Phi) is 4.53. The van der Waals surface area contributed by atoms with Gasteiger partial charge in [-0.1, -0.05) is 48.0 Å². The van der Waals surface area contributed by atoms with Crippen LogP contribution in [0.3, 0.4) is 0 Å². The molecule has 0 aliphatic carbocycles. The predicted molar refractivity (Wildman–Crippen MR) is 95.9 cm³/mol. The van der Waals surface area contributed by atoms with Crippen molar-refractivity contribution in [1.29, 1.82) is 0 Å². The van der Waals surface area contributed by atoms with Gasteiger partial charge in [0.2, 0.25) is 0 Å². The van der Waals surface area contributed by atoms with Crippen LogP contribution in [0.2, 0.25) is 0 Å². The fraction of sp³-hybridized carbons (Fsp3) is 0.105. The van der Waals surface area contributed by atoms with Gasteiger partial charge >= 0.3 is 0 Å². The second kappa shape index (κ2) is 6.76. The molecule has 3 aromatic rings. The Balaban J connectivity index is 1.91. The molecule has 0 aliphatic rings. The number of rotatable bonds is 4. The highest BCUT2D eigenvalue weighted by molar-refractivity contribution is 7.15. The lowest BCUT2D eigenvalue weighted by atomic mass is 9.97. The van der Waals surface area contributed by atoms with Crippen molar-refractivity contribution in [1.82, 2.24) is 4.98 Å². The predicted octanol–water partition coefficient (Wildman–Crippen LogP) is 4.24. The molecule has 4 nitrogen and oxygen atoms in total. The highest BCUT2D eigenvalue weighted by atomic mass is 32.1. The summed E-state index contributed by atoms with van der Waals surface area (Å²) in [7, 11) is 0. The molecule has 1 aromatic heterocycles. The number of hydrogen-bond donors (Lipinski definition) is 1. The van der Waals surface area contributed by atoms with Crippen LogP contribution in [0, 0.1) is 13.8 Å². The second-order valence-electron chi connectivity index (χ2n) is 5.47. The molecular weight excluding hydrogens is 320 g/mol. The summed E-state index contributed by atoms with van der Waals surface area (Å²) in [5, 5.41) is 3.27. The van der Waals surface area contributed by atoms with E-state index in [1.807, 2.05) is 26.0 Å². The molecule has 24 heavy (non-hydrogen) atoms. The molecule has 0 unspecified atom stereocenters. The zero-order chi connectivity index (χ0) is 17.1. The molecule has 0 aliphatic heterocycles. The Labute approximate surface area is 144 Å². The number of carbonyl (C=O) groups is 2. The van der Waals surface area contributed by atoms with Crippen molar-refractivity contribution in [2.45, 2.75) is 13.8 Å². The van der Waals surface area contributed by atoms with Crippen LogP contribution in [0.1, 0.15) is 36.7 Å². The van der Waals surface area contributed by atoms with Crippen LogP contribution < -0.4 is 5.32 Å². The van der Waals surface area contributed by atoms with Crippen LogP contribution >= 0.6 is 11.3 Å². The minimum atomic E-state index is -0.333. The number of anilines is 1. The van der Waals surface area contributed by atoms with Gasteiger partial charge in [0.15, 0.2) is 10.9 Å². The van der Waals surface area contributed by atoms with Gasteiger partial charge in [-0.25, -0.2) is 4.98 Å². The number of ketones is 1. The van der Waals surface area contributed by atoms with Gasteiger partial charge in [0.1, 0.15) is 0 Å². The number of carbonyl (C=O) groups excluding carboxylic acids is 2. The number of aryl methyl sites for hydroxylation is 2. The van der Waals surface area contributed by atoms with Gasteiger partial charge in [0, 0.05) is 22.2 Å². The van der Waals surface area contributed by atoms with E-state index in [1.54, 1.807) is 42.6 Å². The van der Waals surface area contributed by atoms with Crippen molar-refractivity contribution in [3.63, 3.8) is 0 Å². The minimum absolute atomic E-state index is 0.170. The van der Waals surface area contributed by atoms with E-state index in [1.165, 1.54) is 11.3 Å². The van der Waals surface area contributed by atoms with Gasteiger partial charge in [-0.2, -0.15) is 0 Å². The molecule has 0 bridgehead atoms. The van der Waals surface area contributed by atoms with Crippen LogP contribution in [0.25, 0.3) is 0 Å². The van der Waals surface area contributed by atoms with E-state index in [2.05, 4.69) is 10.3 Å². The monoisotopic (exact) mass is 336 g/mol. The Bertz CT molecular complexity index is 898. The lowest BCUT2D eigenvalue weighted by Gasteiger charge is -2.08. The average Bonchev–Trinajstić information content (AvgIpc) is 3.00. The first-order valence-electron chi connectivity index (χ1n) is 7.49. The number of nitrogens with one attached hydrogen (secondary N) is 1. The van der Waals surface area contributed by atoms with E-state index in [0.29, 0.717) is 21.8 Å². The zero-order valence-electron chi connectivity index (χ0n) is 13.4. The molecule has 2 aromatic carbocycles. The average molecular weight is 336 g/mol. The summed E-state index contributed by atoms with van der Waals surface area (Å²) in [6, 6.07) is 14.1. The van der Waals surface area contributed by atoms with E-state index < -0.39 is 0 Å². The lowest BCUT2D eigenvalue weighted by molar-refractivity contribution is 0.0996. The van der Waals surface area contributed by atoms with Crippen LogP contribution in [0.15, 0.2) is 54.7 Å². The van der Waals surface area contributed by atoms with Crippen LogP contribution in [0.5, 0.6) is 0 Å². The molecule has 1 heterocycles. The molecule has 120 valence electrons. The van der Waals surface area contributed by atoms with E-state index in [-0.39, 0.29) is 11.7 Å². The topological polar surface area (TPSA) is 59.1 Å². The summed E-state index contributed by atoms with van der Waals surface area (Å²) in [5.41, 5.74) is 2.37. The fourth-order valence-corrected chi connectivity index (χ4v) is 2.98. The molecule has 3 rings (SSSR count). The van der Waals surface area contributed by atoms with Crippen molar-refractivity contribution >= 4 is 28.2 Å². The molecule has 1 amide bonds. The Morgan fingerprint density at radius 1 is 0.958 bits per heavy atom. The first-order chi connectivity index (χ1) is 11.5. The Morgan fingerprint density at radius 3 is 2.25 bits per heavy atom. The largest absolute Gasteiger partial charge is 0.298 e. The third-order valence-corrected chi connectivity index (χ3v) is 4.40. The molecule has 0 radical (unpaired) electrons. The third-order valence-electron chi connectivity index (χ3n) is 3.57. The summed E-state index contributed by atoms with van der Waals surface area (Å²) >= 11 is 1.39. The maximum Gasteiger partial charge on any atom is 0.258 e. The van der Waals surface area contributed by atoms with E-state index in [4.69, 9.17) is 0 Å². The number of benzene rings is 2. The van der Waals surface area contributed by atoms with Gasteiger partial charge in [-0.3, -0.25) is 14.9 Å². The lowest BCUT2D eigenvalue weighted by Crippen LogP contribution is -2.16. The van der Waals surface area contributed by atoms with Crippen LogP contribution in [-0.2, 0) is 0 Å². The number of aromatic nitrogens is 1. The molecule has 0 fully saturated rings. The van der Waals surface area contributed by atoms with Crippen molar-refractivity contribution < 1.29 is 9.59 Å². The maximum absolute atomic E-state index is 12.7. The Morgan fingerprint density at radius 2 is 1.62 bits per heavy atom. The number of nitrogens with zero attached hydrogens (tertiary/aromatic N) is 1. The highest BCUT2D eigenvalue weighted by Gasteiger charge is 2.18. The Hall–Kier alpha value is -2.79. The normalized spacial score (nSPS) is 10.4. The van der Waals surface area contributed by atoms with Gasteiger partial charge in [-0.15, -0.1) is 11.3 Å². The number of amides is 1. The van der Waals surface area contributed by atoms with Crippen molar-refractivity contribution in [3.05, 3.63) is 81.9 Å². The van der Waals surface area contributed by atoms with Crippen molar-refractivity contribution in [2.75, 3.05) is 5.32 Å².